The number of nitrogens with one attached hydrogen (secondary N) is 1. The minimum atomic E-state index is -0.468. The minimum absolute atomic E-state index is 0.0523. The highest BCUT2D eigenvalue weighted by Gasteiger charge is 2.67. The maximum absolute atomic E-state index is 12.4. The van der Waals surface area contributed by atoms with E-state index in [2.05, 4.69) is 26.1 Å². The van der Waals surface area contributed by atoms with Gasteiger partial charge in [0.2, 0.25) is 5.91 Å². The molecule has 0 aromatic heterocycles. The monoisotopic (exact) mass is 356 g/mol. The van der Waals surface area contributed by atoms with E-state index in [-0.39, 0.29) is 23.6 Å². The topological polar surface area (TPSA) is 73.6 Å². The van der Waals surface area contributed by atoms with Crippen LogP contribution in [0.4, 0.5) is 0 Å². The van der Waals surface area contributed by atoms with Crippen LogP contribution in [0, 0.1) is 17.3 Å². The van der Waals surface area contributed by atoms with Gasteiger partial charge in [0.25, 0.3) is 0 Å². The van der Waals surface area contributed by atoms with Gasteiger partial charge in [-0.25, -0.2) is 0 Å². The van der Waals surface area contributed by atoms with Gasteiger partial charge in [0.05, 0.1) is 24.1 Å². The molecule has 5 nitrogen and oxygen atoms in total. The van der Waals surface area contributed by atoms with E-state index in [1.807, 2.05) is 30.3 Å². The summed E-state index contributed by atoms with van der Waals surface area (Å²) < 4.78 is 12.7. The normalized spacial score (nSPS) is 35.4. The molecule has 1 aromatic rings. The SMILES string of the molecule is CC1(C)[C@@H]2C[C@H]1C1OB([C@@H](CN)NC(=O)Cc3ccccc3)O[C@@]1(C)C2. The lowest BCUT2D eigenvalue weighted by Gasteiger charge is -2.63. The van der Waals surface area contributed by atoms with Crippen LogP contribution in [0.25, 0.3) is 0 Å². The van der Waals surface area contributed by atoms with Crippen LogP contribution < -0.4 is 11.1 Å². The molecular formula is C20H29BN2O3. The Kier molecular flexibility index (Phi) is 4.41. The Morgan fingerprint density at radius 1 is 1.35 bits per heavy atom. The van der Waals surface area contributed by atoms with Gasteiger partial charge in [0.1, 0.15) is 0 Å². The zero-order chi connectivity index (χ0) is 18.5. The van der Waals surface area contributed by atoms with Crippen LogP contribution in [0.2, 0.25) is 0 Å². The number of hydrogen-bond donors (Lipinski definition) is 2. The van der Waals surface area contributed by atoms with E-state index in [0.29, 0.717) is 30.2 Å². The number of hydrogen-bond acceptors (Lipinski definition) is 4. The molecule has 5 rings (SSSR count). The van der Waals surface area contributed by atoms with E-state index in [1.54, 1.807) is 0 Å². The summed E-state index contributed by atoms with van der Waals surface area (Å²) in [5.74, 6) is 0.840. The maximum atomic E-state index is 12.4. The Morgan fingerprint density at radius 3 is 2.73 bits per heavy atom. The van der Waals surface area contributed by atoms with Crippen molar-refractivity contribution in [1.82, 2.24) is 5.32 Å². The van der Waals surface area contributed by atoms with Crippen LogP contribution >= 0.6 is 0 Å². The van der Waals surface area contributed by atoms with Crippen LogP contribution in [-0.4, -0.2) is 37.2 Å². The molecule has 1 saturated heterocycles. The lowest BCUT2D eigenvalue weighted by Crippen LogP contribution is -2.63. The fourth-order valence-corrected chi connectivity index (χ4v) is 5.19. The van der Waals surface area contributed by atoms with Crippen molar-refractivity contribution < 1.29 is 14.1 Å². The number of carbonyl (C=O) groups excluding carboxylic acids is 1. The summed E-state index contributed by atoms with van der Waals surface area (Å²) >= 11 is 0. The van der Waals surface area contributed by atoms with Crippen LogP contribution in [0.15, 0.2) is 30.3 Å². The molecule has 3 aliphatic carbocycles. The van der Waals surface area contributed by atoms with Crippen molar-refractivity contribution in [2.24, 2.45) is 23.0 Å². The van der Waals surface area contributed by atoms with E-state index >= 15 is 0 Å². The predicted molar refractivity (Wildman–Crippen MR) is 101 cm³/mol. The molecule has 1 unspecified atom stereocenters. The van der Waals surface area contributed by atoms with Gasteiger partial charge in [0.15, 0.2) is 0 Å². The standard InChI is InChI=1S/C20H29BN2O3/c1-19(2)14-10-15(19)18-20(3,11-14)26-21(25-18)16(12-22)23-17(24)9-13-7-5-4-6-8-13/h4-8,14-16,18H,9-12,22H2,1-3H3,(H,23,24)/t14-,15+,16-,18?,20+/m1/s1. The molecule has 3 saturated carbocycles. The number of benzene rings is 1. The molecule has 2 bridgehead atoms. The quantitative estimate of drug-likeness (QED) is 0.791. The first-order valence-corrected chi connectivity index (χ1v) is 9.70. The smallest absolute Gasteiger partial charge is 0.404 e. The maximum Gasteiger partial charge on any atom is 0.483 e. The molecule has 1 aliphatic heterocycles. The Labute approximate surface area is 156 Å². The molecule has 26 heavy (non-hydrogen) atoms. The van der Waals surface area contributed by atoms with Gasteiger partial charge >= 0.3 is 7.12 Å². The Bertz CT molecular complexity index is 683. The van der Waals surface area contributed by atoms with Crippen molar-refractivity contribution in [2.45, 2.75) is 57.7 Å². The molecule has 0 spiro atoms. The van der Waals surface area contributed by atoms with E-state index in [1.165, 1.54) is 6.42 Å². The lowest BCUT2D eigenvalue weighted by atomic mass is 9.45. The third-order valence-corrected chi connectivity index (χ3v) is 6.97. The third kappa shape index (κ3) is 2.88. The highest BCUT2D eigenvalue weighted by molar-refractivity contribution is 6.48. The van der Waals surface area contributed by atoms with Gasteiger partial charge in [-0.1, -0.05) is 44.2 Å². The van der Waals surface area contributed by atoms with Crippen LogP contribution in [0.5, 0.6) is 0 Å². The number of nitrogens with two attached hydrogens (primary N) is 1. The second kappa shape index (κ2) is 6.36. The number of amides is 1. The zero-order valence-corrected chi connectivity index (χ0v) is 15.9. The summed E-state index contributed by atoms with van der Waals surface area (Å²) in [4.78, 5) is 12.4. The fourth-order valence-electron chi connectivity index (χ4n) is 5.19. The summed E-state index contributed by atoms with van der Waals surface area (Å²) in [5, 5.41) is 3.02. The molecule has 3 N–H and O–H groups in total. The zero-order valence-electron chi connectivity index (χ0n) is 15.9. The highest BCUT2D eigenvalue weighted by Crippen LogP contribution is 2.64. The molecule has 1 heterocycles. The van der Waals surface area contributed by atoms with Gasteiger partial charge < -0.3 is 20.4 Å². The van der Waals surface area contributed by atoms with Crippen molar-refractivity contribution in [3.05, 3.63) is 35.9 Å². The van der Waals surface area contributed by atoms with Crippen LogP contribution in [0.3, 0.4) is 0 Å². The first kappa shape index (κ1) is 18.0. The largest absolute Gasteiger partial charge is 0.483 e. The van der Waals surface area contributed by atoms with Gasteiger partial charge in [-0.3, -0.25) is 4.79 Å². The average Bonchev–Trinajstić information content (AvgIpc) is 2.97. The van der Waals surface area contributed by atoms with Gasteiger partial charge in [-0.15, -0.1) is 0 Å². The first-order valence-electron chi connectivity index (χ1n) is 9.70. The highest BCUT2D eigenvalue weighted by atomic mass is 16.7. The molecular weight excluding hydrogens is 327 g/mol. The summed E-state index contributed by atoms with van der Waals surface area (Å²) in [5.41, 5.74) is 6.99. The molecule has 6 heteroatoms. The molecule has 0 radical (unpaired) electrons. The summed E-state index contributed by atoms with van der Waals surface area (Å²) in [6.07, 6.45) is 2.67. The van der Waals surface area contributed by atoms with Crippen molar-refractivity contribution in [3.8, 4) is 0 Å². The lowest BCUT2D eigenvalue weighted by molar-refractivity contribution is -0.185. The van der Waals surface area contributed by atoms with Crippen molar-refractivity contribution in [2.75, 3.05) is 6.54 Å². The molecule has 140 valence electrons. The molecule has 1 amide bonds. The summed E-state index contributed by atoms with van der Waals surface area (Å²) in [7, 11) is -0.468. The van der Waals surface area contributed by atoms with E-state index in [4.69, 9.17) is 15.0 Å². The fraction of sp³-hybridized carbons (Fsp3) is 0.650. The van der Waals surface area contributed by atoms with E-state index in [0.717, 1.165) is 12.0 Å². The number of rotatable bonds is 5. The average molecular weight is 356 g/mol. The third-order valence-electron chi connectivity index (χ3n) is 6.97. The second-order valence-electron chi connectivity index (χ2n) is 8.99. The minimum Gasteiger partial charge on any atom is -0.404 e. The number of carbonyl (C=O) groups is 1. The first-order chi connectivity index (χ1) is 12.3. The molecule has 5 atom stereocenters. The van der Waals surface area contributed by atoms with Gasteiger partial charge in [0, 0.05) is 6.54 Å². The Morgan fingerprint density at radius 2 is 2.08 bits per heavy atom. The van der Waals surface area contributed by atoms with Crippen LogP contribution in [0.1, 0.15) is 39.2 Å². The second-order valence-corrected chi connectivity index (χ2v) is 8.99. The predicted octanol–water partition coefficient (Wildman–Crippen LogP) is 1.94. The van der Waals surface area contributed by atoms with Crippen molar-refractivity contribution in [3.63, 3.8) is 0 Å². The van der Waals surface area contributed by atoms with Gasteiger partial charge in [-0.2, -0.15) is 0 Å². The summed E-state index contributed by atoms with van der Waals surface area (Å²) in [6.45, 7) is 7.13. The van der Waals surface area contributed by atoms with Crippen molar-refractivity contribution >= 4 is 13.0 Å². The Hall–Kier alpha value is -1.37. The molecule has 4 fully saturated rings. The Balaban J connectivity index is 1.41. The van der Waals surface area contributed by atoms with Crippen LogP contribution in [-0.2, 0) is 20.5 Å². The van der Waals surface area contributed by atoms with Crippen molar-refractivity contribution in [1.29, 1.82) is 0 Å². The molecule has 1 aromatic carbocycles. The molecule has 4 aliphatic rings. The van der Waals surface area contributed by atoms with E-state index < -0.39 is 7.12 Å². The van der Waals surface area contributed by atoms with Gasteiger partial charge in [-0.05, 0) is 42.6 Å². The summed E-state index contributed by atoms with van der Waals surface area (Å²) in [6, 6.07) is 9.71. The van der Waals surface area contributed by atoms with E-state index in [9.17, 15) is 4.79 Å².